The summed E-state index contributed by atoms with van der Waals surface area (Å²) in [4.78, 5) is 12.6. The molecule has 4 aromatic rings. The zero-order valence-corrected chi connectivity index (χ0v) is 19.1. The summed E-state index contributed by atoms with van der Waals surface area (Å²) in [6.45, 7) is 3.99. The minimum atomic E-state index is 0.456. The van der Waals surface area contributed by atoms with Crippen molar-refractivity contribution in [2.75, 3.05) is 31.1 Å². The van der Waals surface area contributed by atoms with Crippen LogP contribution < -0.4 is 10.2 Å². The van der Waals surface area contributed by atoms with Gasteiger partial charge in [-0.2, -0.15) is 9.61 Å². The van der Waals surface area contributed by atoms with E-state index >= 15 is 0 Å². The summed E-state index contributed by atoms with van der Waals surface area (Å²) >= 11 is 0. The lowest BCUT2D eigenvalue weighted by Gasteiger charge is -2.42. The second-order valence-corrected chi connectivity index (χ2v) is 9.93. The van der Waals surface area contributed by atoms with Gasteiger partial charge >= 0.3 is 0 Å². The summed E-state index contributed by atoms with van der Waals surface area (Å²) in [7, 11) is 0. The van der Waals surface area contributed by atoms with Crippen molar-refractivity contribution in [2.45, 2.75) is 56.9 Å². The molecule has 0 unspecified atom stereocenters. The lowest BCUT2D eigenvalue weighted by Crippen LogP contribution is -2.48. The molecule has 1 aromatic carbocycles. The molecule has 2 aliphatic heterocycles. The predicted molar refractivity (Wildman–Crippen MR) is 130 cm³/mol. The van der Waals surface area contributed by atoms with E-state index in [9.17, 15) is 0 Å². The van der Waals surface area contributed by atoms with Crippen LogP contribution in [0.5, 0.6) is 0 Å². The number of benzene rings is 1. The van der Waals surface area contributed by atoms with Crippen LogP contribution in [0.15, 0.2) is 36.5 Å². The van der Waals surface area contributed by atoms with Gasteiger partial charge in [-0.3, -0.25) is 0 Å². The van der Waals surface area contributed by atoms with E-state index in [1.807, 2.05) is 12.3 Å². The van der Waals surface area contributed by atoms with E-state index in [-0.39, 0.29) is 0 Å². The van der Waals surface area contributed by atoms with E-state index in [1.54, 1.807) is 0 Å². The molecule has 1 N–H and O–H groups in total. The predicted octanol–water partition coefficient (Wildman–Crippen LogP) is 3.88. The van der Waals surface area contributed by atoms with E-state index in [2.05, 4.69) is 48.7 Å². The van der Waals surface area contributed by atoms with Gasteiger partial charge in [0.25, 0.3) is 0 Å². The summed E-state index contributed by atoms with van der Waals surface area (Å²) in [5.74, 6) is 3.00. The Hall–Kier alpha value is -2.93. The van der Waals surface area contributed by atoms with Crippen molar-refractivity contribution in [3.8, 4) is 0 Å². The van der Waals surface area contributed by atoms with E-state index in [0.29, 0.717) is 12.0 Å². The quantitative estimate of drug-likeness (QED) is 0.523. The average molecular weight is 442 g/mol. The molecule has 3 aliphatic rings. The van der Waals surface area contributed by atoms with Crippen molar-refractivity contribution >= 4 is 22.5 Å². The molecule has 33 heavy (non-hydrogen) atoms. The number of rotatable bonds is 3. The summed E-state index contributed by atoms with van der Waals surface area (Å²) in [5.41, 5.74) is 6.03. The number of nitrogens with zero attached hydrogens (tertiary/aromatic N) is 6. The van der Waals surface area contributed by atoms with Crippen LogP contribution in [0.1, 0.15) is 61.1 Å². The third kappa shape index (κ3) is 3.16. The molecule has 1 saturated heterocycles. The molecule has 7 nitrogen and oxygen atoms in total. The highest BCUT2D eigenvalue weighted by atomic mass is 15.4. The summed E-state index contributed by atoms with van der Waals surface area (Å²) in [6.07, 6.45) is 10.5. The highest BCUT2D eigenvalue weighted by molar-refractivity contribution is 5.76. The van der Waals surface area contributed by atoms with Crippen molar-refractivity contribution in [2.24, 2.45) is 0 Å². The molecule has 7 heteroatoms. The van der Waals surface area contributed by atoms with Crippen molar-refractivity contribution in [1.29, 1.82) is 0 Å². The number of hydrogen-bond donors (Lipinski definition) is 1. The van der Waals surface area contributed by atoms with Gasteiger partial charge in [-0.1, -0.05) is 31.4 Å². The molecule has 2 fully saturated rings. The lowest BCUT2D eigenvalue weighted by atomic mass is 9.93. The van der Waals surface area contributed by atoms with Crippen LogP contribution in [0.4, 0.5) is 5.82 Å². The first-order valence-electron chi connectivity index (χ1n) is 12.6. The fourth-order valence-electron chi connectivity index (χ4n) is 6.23. The minimum absolute atomic E-state index is 0.456. The molecule has 7 rings (SSSR count). The number of aromatic nitrogens is 5. The fraction of sp³-hybridized carbons (Fsp3) is 0.500. The standard InChI is InChI=1S/C26H31N7/c1-2-6-19(7-3-1)32-23-9-5-4-8-22(23)30-25(32)18-16-31(17-18)26-20-10-13-27-14-11-21(20)29-24-12-15-28-33(24)26/h4-5,8-9,12,15,18-19,27H,1-3,6-7,10-11,13-14,16-17H2. The van der Waals surface area contributed by atoms with E-state index in [0.717, 1.165) is 50.2 Å². The molecule has 0 spiro atoms. The number of nitrogens with one attached hydrogen (secondary N) is 1. The SMILES string of the molecule is c1ccc2c(c1)nc(C1CN(c3c4c(nc5ccnn35)CCNCC4)C1)n2C1CCCCC1. The topological polar surface area (TPSA) is 63.3 Å². The molecule has 3 aromatic heterocycles. The summed E-state index contributed by atoms with van der Waals surface area (Å²) < 4.78 is 4.67. The summed E-state index contributed by atoms with van der Waals surface area (Å²) in [6, 6.07) is 11.3. The molecule has 1 aliphatic carbocycles. The highest BCUT2D eigenvalue weighted by Crippen LogP contribution is 2.39. The third-order valence-electron chi connectivity index (χ3n) is 7.89. The normalized spacial score (nSPS) is 20.2. The average Bonchev–Trinajstić information content (AvgIpc) is 3.36. The Kier molecular flexibility index (Phi) is 4.64. The van der Waals surface area contributed by atoms with Gasteiger partial charge in [-0.05, 0) is 37.9 Å². The smallest absolute Gasteiger partial charge is 0.157 e. The third-order valence-corrected chi connectivity index (χ3v) is 7.89. The van der Waals surface area contributed by atoms with E-state index in [4.69, 9.17) is 9.97 Å². The Morgan fingerprint density at radius 1 is 0.909 bits per heavy atom. The Labute approximate surface area is 193 Å². The lowest BCUT2D eigenvalue weighted by molar-refractivity contribution is 0.339. The van der Waals surface area contributed by atoms with Crippen molar-refractivity contribution in [3.63, 3.8) is 0 Å². The zero-order chi connectivity index (χ0) is 21.8. The van der Waals surface area contributed by atoms with Gasteiger partial charge in [0.05, 0.1) is 28.8 Å². The second-order valence-electron chi connectivity index (χ2n) is 9.93. The van der Waals surface area contributed by atoms with Crippen LogP contribution in [0.2, 0.25) is 0 Å². The molecule has 170 valence electrons. The van der Waals surface area contributed by atoms with E-state index in [1.165, 1.54) is 60.5 Å². The number of imidazole rings is 1. The maximum atomic E-state index is 5.18. The number of hydrogen-bond acceptors (Lipinski definition) is 5. The van der Waals surface area contributed by atoms with Crippen molar-refractivity contribution < 1.29 is 0 Å². The first-order valence-corrected chi connectivity index (χ1v) is 12.6. The van der Waals surface area contributed by atoms with Crippen LogP contribution in [-0.2, 0) is 12.8 Å². The first kappa shape index (κ1) is 19.5. The van der Waals surface area contributed by atoms with Crippen LogP contribution >= 0.6 is 0 Å². The number of anilines is 1. The van der Waals surface area contributed by atoms with Gasteiger partial charge in [0.1, 0.15) is 11.6 Å². The zero-order valence-electron chi connectivity index (χ0n) is 19.1. The molecular weight excluding hydrogens is 410 g/mol. The van der Waals surface area contributed by atoms with Gasteiger partial charge in [-0.15, -0.1) is 0 Å². The van der Waals surface area contributed by atoms with Gasteiger partial charge in [-0.25, -0.2) is 9.97 Å². The maximum Gasteiger partial charge on any atom is 0.157 e. The number of para-hydroxylation sites is 2. The Bertz CT molecular complexity index is 1310. The van der Waals surface area contributed by atoms with Gasteiger partial charge < -0.3 is 14.8 Å². The Balaban J connectivity index is 1.26. The molecule has 1 saturated carbocycles. The van der Waals surface area contributed by atoms with E-state index < -0.39 is 0 Å². The van der Waals surface area contributed by atoms with Crippen LogP contribution in [0.3, 0.4) is 0 Å². The molecule has 0 radical (unpaired) electrons. The Morgan fingerprint density at radius 2 is 1.76 bits per heavy atom. The van der Waals surface area contributed by atoms with Crippen molar-refractivity contribution in [1.82, 2.24) is 29.5 Å². The molecular formula is C26H31N7. The van der Waals surface area contributed by atoms with Gasteiger partial charge in [0.15, 0.2) is 5.65 Å². The number of fused-ring (bicyclic) bond motifs is 3. The van der Waals surface area contributed by atoms with Crippen LogP contribution in [0.25, 0.3) is 16.7 Å². The first-order chi connectivity index (χ1) is 16.4. The highest BCUT2D eigenvalue weighted by Gasteiger charge is 2.37. The Morgan fingerprint density at radius 3 is 2.67 bits per heavy atom. The maximum absolute atomic E-state index is 5.18. The van der Waals surface area contributed by atoms with Crippen molar-refractivity contribution in [3.05, 3.63) is 53.6 Å². The van der Waals surface area contributed by atoms with Gasteiger partial charge in [0, 0.05) is 43.7 Å². The van der Waals surface area contributed by atoms with Crippen LogP contribution in [-0.4, -0.2) is 50.3 Å². The fourth-order valence-corrected chi connectivity index (χ4v) is 6.23. The second kappa shape index (κ2) is 7.83. The van der Waals surface area contributed by atoms with Crippen LogP contribution in [0, 0.1) is 0 Å². The molecule has 0 amide bonds. The van der Waals surface area contributed by atoms with Gasteiger partial charge in [0.2, 0.25) is 0 Å². The molecule has 0 atom stereocenters. The largest absolute Gasteiger partial charge is 0.355 e. The molecule has 0 bridgehead atoms. The monoisotopic (exact) mass is 441 g/mol. The summed E-state index contributed by atoms with van der Waals surface area (Å²) in [5, 5.41) is 8.19. The molecule has 5 heterocycles. The minimum Gasteiger partial charge on any atom is -0.355 e.